The molecule has 3 rings (SSSR count). The Balaban J connectivity index is 2.22. The van der Waals surface area contributed by atoms with Gasteiger partial charge in [-0.15, -0.1) is 0 Å². The van der Waals surface area contributed by atoms with Crippen LogP contribution in [0, 0.1) is 0 Å². The van der Waals surface area contributed by atoms with E-state index < -0.39 is 34.9 Å². The third-order valence-electron chi connectivity index (χ3n) is 3.25. The van der Waals surface area contributed by atoms with E-state index in [9.17, 15) is 31.4 Å². The molecule has 0 aliphatic rings. The number of aromatic nitrogens is 1. The van der Waals surface area contributed by atoms with Gasteiger partial charge in [-0.05, 0) is 30.3 Å². The number of benzene rings is 2. The monoisotopic (exact) mass is 347 g/mol. The van der Waals surface area contributed by atoms with Gasteiger partial charge in [-0.2, -0.15) is 26.3 Å². The maximum Gasteiger partial charge on any atom is 0.417 e. The second-order valence-corrected chi connectivity index (χ2v) is 4.93. The molecule has 0 unspecified atom stereocenters. The van der Waals surface area contributed by atoms with E-state index in [1.165, 1.54) is 18.2 Å². The lowest BCUT2D eigenvalue weighted by molar-refractivity contribution is -0.142. The van der Waals surface area contributed by atoms with Crippen molar-refractivity contribution in [2.75, 3.05) is 0 Å². The summed E-state index contributed by atoms with van der Waals surface area (Å²) in [5.74, 6) is -0.664. The summed E-state index contributed by atoms with van der Waals surface area (Å²) >= 11 is 0. The van der Waals surface area contributed by atoms with Crippen molar-refractivity contribution in [2.45, 2.75) is 12.4 Å². The van der Waals surface area contributed by atoms with Gasteiger partial charge in [0.15, 0.2) is 5.58 Å². The average Bonchev–Trinajstić information content (AvgIpc) is 2.87. The minimum Gasteiger partial charge on any atom is -0.508 e. The molecule has 1 aromatic heterocycles. The van der Waals surface area contributed by atoms with Crippen molar-refractivity contribution in [3.05, 3.63) is 47.5 Å². The van der Waals surface area contributed by atoms with Crippen molar-refractivity contribution < 1.29 is 35.9 Å². The second-order valence-electron chi connectivity index (χ2n) is 4.93. The molecule has 2 aromatic carbocycles. The fraction of sp³-hybridized carbons (Fsp3) is 0.133. The average molecular weight is 347 g/mol. The molecular formula is C15H7F6NO2. The standard InChI is InChI=1S/C15H7F6NO2/c16-14(17,18)7-1-3-9(10(5-7)15(19,20)21)13-22-11-6-8(23)2-4-12(11)24-13/h1-6,23H. The molecule has 0 aliphatic carbocycles. The third kappa shape index (κ3) is 2.89. The Labute approximate surface area is 130 Å². The van der Waals surface area contributed by atoms with E-state index in [0.717, 1.165) is 0 Å². The minimum absolute atomic E-state index is 0.0155. The molecule has 126 valence electrons. The van der Waals surface area contributed by atoms with Crippen LogP contribution in [0.2, 0.25) is 0 Å². The highest BCUT2D eigenvalue weighted by Gasteiger charge is 2.39. The predicted molar refractivity (Wildman–Crippen MR) is 71.1 cm³/mol. The largest absolute Gasteiger partial charge is 0.508 e. The smallest absolute Gasteiger partial charge is 0.417 e. The summed E-state index contributed by atoms with van der Waals surface area (Å²) in [4.78, 5) is 3.80. The lowest BCUT2D eigenvalue weighted by atomic mass is 10.0. The van der Waals surface area contributed by atoms with Gasteiger partial charge in [-0.25, -0.2) is 4.98 Å². The zero-order valence-electron chi connectivity index (χ0n) is 11.5. The molecule has 0 bridgehead atoms. The molecule has 3 nitrogen and oxygen atoms in total. The second kappa shape index (κ2) is 5.15. The Bertz CT molecular complexity index is 910. The van der Waals surface area contributed by atoms with Crippen molar-refractivity contribution >= 4 is 11.1 Å². The van der Waals surface area contributed by atoms with Gasteiger partial charge in [0.25, 0.3) is 0 Å². The highest BCUT2D eigenvalue weighted by Crippen LogP contribution is 2.41. The predicted octanol–water partition coefficient (Wildman–Crippen LogP) is 5.24. The van der Waals surface area contributed by atoms with Crippen molar-refractivity contribution in [1.82, 2.24) is 4.98 Å². The molecule has 0 spiro atoms. The van der Waals surface area contributed by atoms with Crippen LogP contribution in [0.3, 0.4) is 0 Å². The summed E-state index contributed by atoms with van der Waals surface area (Å²) in [7, 11) is 0. The van der Waals surface area contributed by atoms with Crippen LogP contribution >= 0.6 is 0 Å². The summed E-state index contributed by atoms with van der Waals surface area (Å²) < 4.78 is 82.6. The summed E-state index contributed by atoms with van der Waals surface area (Å²) in [6.45, 7) is 0. The lowest BCUT2D eigenvalue weighted by Crippen LogP contribution is -2.12. The first-order chi connectivity index (χ1) is 11.1. The number of phenolic OH excluding ortho intramolecular Hbond substituents is 1. The molecule has 1 N–H and O–H groups in total. The normalized spacial score (nSPS) is 12.8. The van der Waals surface area contributed by atoms with E-state index in [1.807, 2.05) is 0 Å². The summed E-state index contributed by atoms with van der Waals surface area (Å²) in [6.07, 6.45) is -9.94. The van der Waals surface area contributed by atoms with Crippen LogP contribution in [-0.4, -0.2) is 10.1 Å². The number of phenols is 1. The van der Waals surface area contributed by atoms with Crippen LogP contribution in [0.5, 0.6) is 5.75 Å². The van der Waals surface area contributed by atoms with Gasteiger partial charge < -0.3 is 9.52 Å². The van der Waals surface area contributed by atoms with E-state index in [2.05, 4.69) is 4.98 Å². The minimum atomic E-state index is -5.03. The van der Waals surface area contributed by atoms with Gasteiger partial charge in [0.05, 0.1) is 11.1 Å². The number of fused-ring (bicyclic) bond motifs is 1. The molecule has 0 amide bonds. The number of rotatable bonds is 1. The molecule has 0 saturated heterocycles. The van der Waals surface area contributed by atoms with Gasteiger partial charge in [-0.1, -0.05) is 0 Å². The Kier molecular flexibility index (Phi) is 3.47. The Morgan fingerprint density at radius 3 is 2.21 bits per heavy atom. The highest BCUT2D eigenvalue weighted by molar-refractivity contribution is 5.78. The zero-order chi connectivity index (χ0) is 17.7. The van der Waals surface area contributed by atoms with Crippen molar-refractivity contribution in [3.63, 3.8) is 0 Å². The molecule has 24 heavy (non-hydrogen) atoms. The maximum absolute atomic E-state index is 13.1. The molecule has 0 aliphatic heterocycles. The van der Waals surface area contributed by atoms with Crippen LogP contribution in [0.15, 0.2) is 40.8 Å². The number of nitrogens with zero attached hydrogens (tertiary/aromatic N) is 1. The van der Waals surface area contributed by atoms with Gasteiger partial charge in [-0.3, -0.25) is 0 Å². The first-order valence-corrected chi connectivity index (χ1v) is 6.44. The van der Waals surface area contributed by atoms with Crippen LogP contribution in [0.1, 0.15) is 11.1 Å². The number of oxazole rings is 1. The fourth-order valence-electron chi connectivity index (χ4n) is 2.17. The van der Waals surface area contributed by atoms with Crippen LogP contribution in [0.4, 0.5) is 26.3 Å². The van der Waals surface area contributed by atoms with Crippen LogP contribution in [-0.2, 0) is 12.4 Å². The molecule has 1 heterocycles. The summed E-state index contributed by atoms with van der Waals surface area (Å²) in [5.41, 5.74) is -3.37. The van der Waals surface area contributed by atoms with E-state index in [-0.39, 0.29) is 22.9 Å². The van der Waals surface area contributed by atoms with Crippen LogP contribution in [0.25, 0.3) is 22.6 Å². The van der Waals surface area contributed by atoms with Crippen molar-refractivity contribution in [2.24, 2.45) is 0 Å². The summed E-state index contributed by atoms with van der Waals surface area (Å²) in [5, 5.41) is 9.33. The Morgan fingerprint density at radius 1 is 0.875 bits per heavy atom. The number of aromatic hydroxyl groups is 1. The van der Waals surface area contributed by atoms with Crippen LogP contribution < -0.4 is 0 Å². The van der Waals surface area contributed by atoms with E-state index >= 15 is 0 Å². The third-order valence-corrected chi connectivity index (χ3v) is 3.25. The number of alkyl halides is 6. The van der Waals surface area contributed by atoms with Gasteiger partial charge in [0, 0.05) is 11.6 Å². The fourth-order valence-corrected chi connectivity index (χ4v) is 2.17. The first kappa shape index (κ1) is 16.2. The molecule has 0 fully saturated rings. The molecule has 3 aromatic rings. The van der Waals surface area contributed by atoms with Gasteiger partial charge in [0.2, 0.25) is 5.89 Å². The van der Waals surface area contributed by atoms with E-state index in [1.54, 1.807) is 0 Å². The molecular weight excluding hydrogens is 340 g/mol. The van der Waals surface area contributed by atoms with E-state index in [0.29, 0.717) is 12.1 Å². The number of hydrogen-bond acceptors (Lipinski definition) is 3. The van der Waals surface area contributed by atoms with Crippen molar-refractivity contribution in [1.29, 1.82) is 0 Å². The molecule has 9 heteroatoms. The maximum atomic E-state index is 13.1. The number of hydrogen-bond donors (Lipinski definition) is 1. The molecule has 0 saturated carbocycles. The topological polar surface area (TPSA) is 46.3 Å². The SMILES string of the molecule is Oc1ccc2oc(-c3ccc(C(F)(F)F)cc3C(F)(F)F)nc2c1. The quantitative estimate of drug-likeness (QED) is 0.613. The Morgan fingerprint density at radius 2 is 1.58 bits per heavy atom. The van der Waals surface area contributed by atoms with E-state index in [4.69, 9.17) is 4.42 Å². The van der Waals surface area contributed by atoms with Gasteiger partial charge >= 0.3 is 12.4 Å². The van der Waals surface area contributed by atoms with Crippen molar-refractivity contribution in [3.8, 4) is 17.2 Å². The lowest BCUT2D eigenvalue weighted by Gasteiger charge is -2.14. The zero-order valence-corrected chi connectivity index (χ0v) is 11.5. The Hall–Kier alpha value is -2.71. The molecule has 0 atom stereocenters. The highest BCUT2D eigenvalue weighted by atomic mass is 19.4. The van der Waals surface area contributed by atoms with Gasteiger partial charge in [0.1, 0.15) is 11.3 Å². The summed E-state index contributed by atoms with van der Waals surface area (Å²) in [6, 6.07) is 4.90. The first-order valence-electron chi connectivity index (χ1n) is 6.44. The number of halogens is 6. The molecule has 0 radical (unpaired) electrons.